The van der Waals surface area contributed by atoms with Crippen molar-refractivity contribution in [3.05, 3.63) is 0 Å². The molecule has 0 N–H and O–H groups in total. The number of carbonyl (C=O) groups is 3. The summed E-state index contributed by atoms with van der Waals surface area (Å²) in [6, 6.07) is 0. The molecule has 0 radical (unpaired) electrons. The summed E-state index contributed by atoms with van der Waals surface area (Å²) < 4.78 is 16.7. The van der Waals surface area contributed by atoms with Gasteiger partial charge in [-0.25, -0.2) is 0 Å². The minimum absolute atomic E-state index is 0.0633. The highest BCUT2D eigenvalue weighted by Gasteiger charge is 2.19. The quantitative estimate of drug-likeness (QED) is 0.0348. The second-order valence-electron chi connectivity index (χ2n) is 17.2. The molecule has 55 heavy (non-hydrogen) atoms. The molecule has 0 spiro atoms. The highest BCUT2D eigenvalue weighted by molar-refractivity contribution is 5.71. The number of rotatable bonds is 44. The monoisotopic (exact) mass is 779 g/mol. The Labute approximate surface area is 342 Å². The zero-order valence-electron chi connectivity index (χ0n) is 37.4. The van der Waals surface area contributed by atoms with Gasteiger partial charge in [-0.2, -0.15) is 0 Å². The van der Waals surface area contributed by atoms with Crippen LogP contribution in [0.4, 0.5) is 0 Å². The average molecular weight is 779 g/mol. The van der Waals surface area contributed by atoms with Gasteiger partial charge in [-0.05, 0) is 25.2 Å². The Morgan fingerprint density at radius 3 is 0.891 bits per heavy atom. The van der Waals surface area contributed by atoms with Gasteiger partial charge in [-0.1, -0.05) is 233 Å². The maximum atomic E-state index is 12.7. The van der Waals surface area contributed by atoms with Crippen molar-refractivity contribution in [1.82, 2.24) is 0 Å². The maximum Gasteiger partial charge on any atom is 0.306 e. The van der Waals surface area contributed by atoms with Gasteiger partial charge < -0.3 is 14.2 Å². The molecule has 0 rings (SSSR count). The van der Waals surface area contributed by atoms with Gasteiger partial charge in [0.25, 0.3) is 0 Å². The molecule has 0 aromatic carbocycles. The molecule has 0 amide bonds. The first kappa shape index (κ1) is 53.4. The van der Waals surface area contributed by atoms with Crippen molar-refractivity contribution in [2.75, 3.05) is 13.2 Å². The lowest BCUT2D eigenvalue weighted by Gasteiger charge is -2.18. The van der Waals surface area contributed by atoms with Crippen LogP contribution in [0.1, 0.15) is 272 Å². The summed E-state index contributed by atoms with van der Waals surface area (Å²) in [5.41, 5.74) is 0. The maximum absolute atomic E-state index is 12.7. The molecule has 1 atom stereocenters. The molecular weight excluding hydrogens is 685 g/mol. The van der Waals surface area contributed by atoms with Gasteiger partial charge in [0.2, 0.25) is 0 Å². The summed E-state index contributed by atoms with van der Waals surface area (Å²) in [5.74, 6) is -0.0231. The Hall–Kier alpha value is -1.59. The Bertz CT molecular complexity index is 826. The topological polar surface area (TPSA) is 78.9 Å². The fourth-order valence-corrected chi connectivity index (χ4v) is 7.33. The van der Waals surface area contributed by atoms with E-state index in [9.17, 15) is 14.4 Å². The SMILES string of the molecule is CCCCCCCCCCCCCCCC(=O)O[C@H](COC(=O)CCCCCCCCCCCC)COC(=O)CCCCCCCCCCCCCC(C)C. The smallest absolute Gasteiger partial charge is 0.306 e. The molecule has 0 bridgehead atoms. The van der Waals surface area contributed by atoms with Crippen molar-refractivity contribution in [2.24, 2.45) is 5.92 Å². The van der Waals surface area contributed by atoms with Gasteiger partial charge in [-0.3, -0.25) is 14.4 Å². The molecule has 0 aromatic heterocycles. The van der Waals surface area contributed by atoms with Crippen molar-refractivity contribution in [3.63, 3.8) is 0 Å². The first-order chi connectivity index (χ1) is 26.9. The van der Waals surface area contributed by atoms with Crippen LogP contribution in [-0.4, -0.2) is 37.2 Å². The fraction of sp³-hybridized carbons (Fsp3) is 0.939. The minimum Gasteiger partial charge on any atom is -0.462 e. The molecule has 326 valence electrons. The molecule has 0 saturated heterocycles. The lowest BCUT2D eigenvalue weighted by Crippen LogP contribution is -2.30. The van der Waals surface area contributed by atoms with Crippen LogP contribution in [0, 0.1) is 5.92 Å². The molecule has 0 heterocycles. The van der Waals surface area contributed by atoms with E-state index < -0.39 is 6.10 Å². The van der Waals surface area contributed by atoms with Gasteiger partial charge in [0.1, 0.15) is 13.2 Å². The van der Waals surface area contributed by atoms with Crippen molar-refractivity contribution in [2.45, 2.75) is 278 Å². The molecule has 6 nitrogen and oxygen atoms in total. The highest BCUT2D eigenvalue weighted by Crippen LogP contribution is 2.16. The number of hydrogen-bond donors (Lipinski definition) is 0. The Kier molecular flexibility index (Phi) is 42.3. The summed E-state index contributed by atoms with van der Waals surface area (Å²) in [7, 11) is 0. The van der Waals surface area contributed by atoms with Crippen molar-refractivity contribution >= 4 is 17.9 Å². The van der Waals surface area contributed by atoms with Gasteiger partial charge in [-0.15, -0.1) is 0 Å². The van der Waals surface area contributed by atoms with E-state index >= 15 is 0 Å². The number of esters is 3. The summed E-state index contributed by atoms with van der Waals surface area (Å²) >= 11 is 0. The number of unbranched alkanes of at least 4 members (excludes halogenated alkanes) is 31. The van der Waals surface area contributed by atoms with E-state index in [4.69, 9.17) is 14.2 Å². The van der Waals surface area contributed by atoms with E-state index in [0.717, 1.165) is 63.7 Å². The largest absolute Gasteiger partial charge is 0.462 e. The van der Waals surface area contributed by atoms with Gasteiger partial charge in [0, 0.05) is 19.3 Å². The van der Waals surface area contributed by atoms with Crippen LogP contribution in [0.3, 0.4) is 0 Å². The third-order valence-corrected chi connectivity index (χ3v) is 11.0. The van der Waals surface area contributed by atoms with Crippen LogP contribution >= 0.6 is 0 Å². The summed E-state index contributed by atoms with van der Waals surface area (Å²) in [6.07, 6.45) is 43.7. The zero-order valence-corrected chi connectivity index (χ0v) is 37.4. The van der Waals surface area contributed by atoms with Crippen LogP contribution in [0.5, 0.6) is 0 Å². The van der Waals surface area contributed by atoms with Crippen LogP contribution in [0.15, 0.2) is 0 Å². The standard InChI is InChI=1S/C49H94O6/c1-5-7-9-11-13-15-17-18-21-26-30-34-38-42-49(52)55-46(43-53-47(50)40-36-32-28-24-16-14-12-10-8-6-2)44-54-48(51)41-37-33-29-25-22-19-20-23-27-31-35-39-45(3)4/h45-46H,5-44H2,1-4H3/t46-/m1/s1. The molecule has 0 unspecified atom stereocenters. The molecule has 0 aromatic rings. The molecule has 0 saturated carbocycles. The minimum atomic E-state index is -0.759. The Morgan fingerprint density at radius 1 is 0.345 bits per heavy atom. The summed E-state index contributed by atoms with van der Waals surface area (Å²) in [5, 5.41) is 0. The van der Waals surface area contributed by atoms with E-state index in [0.29, 0.717) is 19.3 Å². The lowest BCUT2D eigenvalue weighted by atomic mass is 10.0. The number of ether oxygens (including phenoxy) is 3. The summed E-state index contributed by atoms with van der Waals surface area (Å²) in [6.45, 7) is 9.00. The van der Waals surface area contributed by atoms with E-state index in [-0.39, 0.29) is 31.1 Å². The van der Waals surface area contributed by atoms with Crippen molar-refractivity contribution < 1.29 is 28.6 Å². The van der Waals surface area contributed by atoms with E-state index in [1.807, 2.05) is 0 Å². The van der Waals surface area contributed by atoms with Gasteiger partial charge in [0.15, 0.2) is 6.10 Å². The Balaban J connectivity index is 4.31. The third kappa shape index (κ3) is 43.4. The number of hydrogen-bond acceptors (Lipinski definition) is 6. The van der Waals surface area contributed by atoms with E-state index in [2.05, 4.69) is 27.7 Å². The fourth-order valence-electron chi connectivity index (χ4n) is 7.33. The first-order valence-electron chi connectivity index (χ1n) is 24.4. The normalized spacial score (nSPS) is 11.9. The first-order valence-corrected chi connectivity index (χ1v) is 24.4. The van der Waals surface area contributed by atoms with Crippen LogP contribution in [-0.2, 0) is 28.6 Å². The van der Waals surface area contributed by atoms with Gasteiger partial charge in [0.05, 0.1) is 0 Å². The van der Waals surface area contributed by atoms with Crippen molar-refractivity contribution in [3.8, 4) is 0 Å². The van der Waals surface area contributed by atoms with Crippen molar-refractivity contribution in [1.29, 1.82) is 0 Å². The van der Waals surface area contributed by atoms with E-state index in [1.165, 1.54) is 167 Å². The third-order valence-electron chi connectivity index (χ3n) is 11.0. The molecular formula is C49H94O6. The molecule has 0 aliphatic heterocycles. The predicted molar refractivity (Wildman–Crippen MR) is 233 cm³/mol. The predicted octanol–water partition coefficient (Wildman–Crippen LogP) is 15.5. The summed E-state index contributed by atoms with van der Waals surface area (Å²) in [4.78, 5) is 37.8. The second kappa shape index (κ2) is 43.5. The Morgan fingerprint density at radius 2 is 0.600 bits per heavy atom. The molecule has 0 aliphatic carbocycles. The highest BCUT2D eigenvalue weighted by atomic mass is 16.6. The van der Waals surface area contributed by atoms with Crippen LogP contribution in [0.25, 0.3) is 0 Å². The van der Waals surface area contributed by atoms with Gasteiger partial charge >= 0.3 is 17.9 Å². The molecule has 6 heteroatoms. The molecule has 0 aliphatic rings. The molecule has 0 fully saturated rings. The van der Waals surface area contributed by atoms with Crippen LogP contribution < -0.4 is 0 Å². The number of carbonyl (C=O) groups excluding carboxylic acids is 3. The zero-order chi connectivity index (χ0) is 40.3. The average Bonchev–Trinajstić information content (AvgIpc) is 3.17. The van der Waals surface area contributed by atoms with E-state index in [1.54, 1.807) is 0 Å². The second-order valence-corrected chi connectivity index (χ2v) is 17.2. The van der Waals surface area contributed by atoms with Crippen LogP contribution in [0.2, 0.25) is 0 Å². The lowest BCUT2D eigenvalue weighted by molar-refractivity contribution is -0.167.